The van der Waals surface area contributed by atoms with Crippen LogP contribution in [0.2, 0.25) is 0 Å². The number of rotatable bonds is 4. The summed E-state index contributed by atoms with van der Waals surface area (Å²) in [4.78, 5) is 33.3. The quantitative estimate of drug-likeness (QED) is 0.799. The van der Waals surface area contributed by atoms with E-state index in [1.807, 2.05) is 6.07 Å². The van der Waals surface area contributed by atoms with Gasteiger partial charge in [0.1, 0.15) is 5.75 Å². The highest BCUT2D eigenvalue weighted by atomic mass is 16.6. The Morgan fingerprint density at radius 2 is 2.08 bits per heavy atom. The Morgan fingerprint density at radius 3 is 2.69 bits per heavy atom. The first kappa shape index (κ1) is 17.2. The van der Waals surface area contributed by atoms with Gasteiger partial charge in [0.25, 0.3) is 5.91 Å². The number of nitrogens with two attached hydrogens (primary N) is 1. The highest BCUT2D eigenvalue weighted by molar-refractivity contribution is 6.04. The second kappa shape index (κ2) is 7.51. The van der Waals surface area contributed by atoms with Crippen LogP contribution in [0.1, 0.15) is 12.0 Å². The number of amides is 3. The topological polar surface area (TPSA) is 119 Å². The minimum atomic E-state index is -0.870. The maximum absolute atomic E-state index is 12.4. The summed E-state index contributed by atoms with van der Waals surface area (Å²) in [7, 11) is 1.53. The minimum absolute atomic E-state index is 0.257. The molecule has 1 aliphatic rings. The Balaban J connectivity index is 1.66. The number of primary amides is 1. The van der Waals surface area contributed by atoms with Crippen molar-refractivity contribution in [3.8, 4) is 5.75 Å². The van der Waals surface area contributed by atoms with Crippen molar-refractivity contribution in [2.24, 2.45) is 10.9 Å². The lowest BCUT2D eigenvalue weighted by Gasteiger charge is -2.22. The number of hydrazine groups is 1. The van der Waals surface area contributed by atoms with E-state index in [4.69, 9.17) is 15.3 Å². The number of carbonyl (C=O) groups excluding carboxylic acids is 2. The van der Waals surface area contributed by atoms with Crippen LogP contribution in [0.4, 0.5) is 10.5 Å². The summed E-state index contributed by atoms with van der Waals surface area (Å²) >= 11 is 0. The number of nitrogens with one attached hydrogen (secondary N) is 1. The van der Waals surface area contributed by atoms with Crippen molar-refractivity contribution < 1.29 is 19.2 Å². The molecule has 3 N–H and O–H groups in total. The standard InChI is InChI=1S/C17H17N5O4/c1-25-13-6-4-12(5-7-13)22(17(18)24)20-16(23)15-9-14(21-26-15)11-3-2-8-19-10-11/h2-8,10,15H,9H2,1H3,(H2,18,24)(H,20,23). The molecular formula is C17H17N5O4. The zero-order valence-electron chi connectivity index (χ0n) is 14.0. The third-order valence-electron chi connectivity index (χ3n) is 3.73. The maximum atomic E-state index is 12.4. The summed E-state index contributed by atoms with van der Waals surface area (Å²) in [5, 5.41) is 4.86. The predicted molar refractivity (Wildman–Crippen MR) is 93.5 cm³/mol. The largest absolute Gasteiger partial charge is 0.497 e. The number of aromatic nitrogens is 1. The zero-order valence-corrected chi connectivity index (χ0v) is 14.0. The average Bonchev–Trinajstić information content (AvgIpc) is 3.17. The highest BCUT2D eigenvalue weighted by Gasteiger charge is 2.31. The van der Waals surface area contributed by atoms with Crippen LogP contribution in [0, 0.1) is 0 Å². The lowest BCUT2D eigenvalue weighted by molar-refractivity contribution is -0.131. The number of anilines is 1. The first-order chi connectivity index (χ1) is 12.6. The normalized spacial score (nSPS) is 15.6. The number of methoxy groups -OCH3 is 1. The van der Waals surface area contributed by atoms with Gasteiger partial charge in [-0.05, 0) is 36.4 Å². The van der Waals surface area contributed by atoms with Gasteiger partial charge in [0.2, 0.25) is 6.10 Å². The van der Waals surface area contributed by atoms with Crippen LogP contribution in [0.25, 0.3) is 0 Å². The second-order valence-corrected chi connectivity index (χ2v) is 5.43. The van der Waals surface area contributed by atoms with E-state index >= 15 is 0 Å². The minimum Gasteiger partial charge on any atom is -0.497 e. The van der Waals surface area contributed by atoms with E-state index in [0.717, 1.165) is 10.6 Å². The molecule has 9 heteroatoms. The summed E-state index contributed by atoms with van der Waals surface area (Å²) in [5.41, 5.74) is 9.58. The fourth-order valence-electron chi connectivity index (χ4n) is 2.38. The summed E-state index contributed by atoms with van der Waals surface area (Å²) < 4.78 is 5.06. The van der Waals surface area contributed by atoms with Gasteiger partial charge < -0.3 is 15.3 Å². The van der Waals surface area contributed by atoms with Gasteiger partial charge in [-0.25, -0.2) is 9.80 Å². The first-order valence-corrected chi connectivity index (χ1v) is 7.75. The maximum Gasteiger partial charge on any atom is 0.338 e. The zero-order chi connectivity index (χ0) is 18.5. The molecule has 2 heterocycles. The van der Waals surface area contributed by atoms with Gasteiger partial charge in [0, 0.05) is 24.4 Å². The van der Waals surface area contributed by atoms with E-state index in [-0.39, 0.29) is 6.42 Å². The van der Waals surface area contributed by atoms with Gasteiger partial charge >= 0.3 is 6.03 Å². The van der Waals surface area contributed by atoms with Crippen molar-refractivity contribution >= 4 is 23.3 Å². The van der Waals surface area contributed by atoms with E-state index in [2.05, 4.69) is 15.6 Å². The lowest BCUT2D eigenvalue weighted by Crippen LogP contribution is -2.52. The first-order valence-electron chi connectivity index (χ1n) is 7.75. The van der Waals surface area contributed by atoms with Crippen LogP contribution in [0.15, 0.2) is 53.9 Å². The van der Waals surface area contributed by atoms with Crippen LogP contribution in [0.5, 0.6) is 5.75 Å². The van der Waals surface area contributed by atoms with Gasteiger partial charge in [-0.15, -0.1) is 0 Å². The third-order valence-corrected chi connectivity index (χ3v) is 3.73. The smallest absolute Gasteiger partial charge is 0.338 e. The van der Waals surface area contributed by atoms with Crippen molar-refractivity contribution in [1.82, 2.24) is 10.4 Å². The van der Waals surface area contributed by atoms with E-state index in [1.165, 1.54) is 7.11 Å². The molecule has 0 spiro atoms. The van der Waals surface area contributed by atoms with Crippen molar-refractivity contribution in [1.29, 1.82) is 0 Å². The molecule has 1 aromatic heterocycles. The van der Waals surface area contributed by atoms with E-state index in [0.29, 0.717) is 17.1 Å². The molecule has 2 aromatic rings. The molecule has 1 aromatic carbocycles. The number of hydrogen-bond acceptors (Lipinski definition) is 6. The highest BCUT2D eigenvalue weighted by Crippen LogP contribution is 2.19. The van der Waals surface area contributed by atoms with E-state index in [1.54, 1.807) is 42.7 Å². The molecule has 1 aliphatic heterocycles. The summed E-state index contributed by atoms with van der Waals surface area (Å²) in [5.74, 6) is 0.0698. The monoisotopic (exact) mass is 355 g/mol. The van der Waals surface area contributed by atoms with Gasteiger partial charge in [0.05, 0.1) is 18.5 Å². The third kappa shape index (κ3) is 3.72. The number of hydrogen-bond donors (Lipinski definition) is 2. The average molecular weight is 355 g/mol. The van der Waals surface area contributed by atoms with Crippen LogP contribution >= 0.6 is 0 Å². The summed E-state index contributed by atoms with van der Waals surface area (Å²) in [6.45, 7) is 0. The lowest BCUT2D eigenvalue weighted by atomic mass is 10.1. The molecule has 134 valence electrons. The fourth-order valence-corrected chi connectivity index (χ4v) is 2.38. The molecule has 0 radical (unpaired) electrons. The van der Waals surface area contributed by atoms with Crippen LogP contribution < -0.4 is 20.9 Å². The molecule has 0 fully saturated rings. The molecule has 3 rings (SSSR count). The molecule has 0 saturated carbocycles. The van der Waals surface area contributed by atoms with E-state index in [9.17, 15) is 9.59 Å². The summed E-state index contributed by atoms with van der Waals surface area (Å²) in [6, 6.07) is 9.23. The van der Waals surface area contributed by atoms with Crippen LogP contribution in [0.3, 0.4) is 0 Å². The van der Waals surface area contributed by atoms with Crippen molar-refractivity contribution in [2.45, 2.75) is 12.5 Å². The SMILES string of the molecule is COc1ccc(N(NC(=O)C2CC(c3cccnc3)=NO2)C(N)=O)cc1. The molecule has 3 amide bonds. The van der Waals surface area contributed by atoms with Gasteiger partial charge in [-0.3, -0.25) is 15.2 Å². The molecule has 1 unspecified atom stereocenters. The van der Waals surface area contributed by atoms with Crippen LogP contribution in [-0.2, 0) is 9.63 Å². The number of ether oxygens (including phenoxy) is 1. The number of nitrogens with zero attached hydrogens (tertiary/aromatic N) is 3. The molecule has 1 atom stereocenters. The second-order valence-electron chi connectivity index (χ2n) is 5.43. The number of urea groups is 1. The molecule has 0 saturated heterocycles. The van der Waals surface area contributed by atoms with Gasteiger partial charge in [0.15, 0.2) is 0 Å². The van der Waals surface area contributed by atoms with Crippen LogP contribution in [-0.4, -0.2) is 35.8 Å². The Bertz CT molecular complexity index is 823. The Morgan fingerprint density at radius 1 is 1.31 bits per heavy atom. The fraction of sp³-hybridized carbons (Fsp3) is 0.176. The molecule has 0 bridgehead atoms. The molecule has 9 nitrogen and oxygen atoms in total. The van der Waals surface area contributed by atoms with Gasteiger partial charge in [-0.1, -0.05) is 5.16 Å². The van der Waals surface area contributed by atoms with Crippen molar-refractivity contribution in [2.75, 3.05) is 12.1 Å². The Hall–Kier alpha value is -3.62. The van der Waals surface area contributed by atoms with E-state index < -0.39 is 18.0 Å². The predicted octanol–water partition coefficient (Wildman–Crippen LogP) is 1.20. The number of oxime groups is 1. The van der Waals surface area contributed by atoms with Crippen molar-refractivity contribution in [3.05, 3.63) is 54.4 Å². The molecular weight excluding hydrogens is 338 g/mol. The Kier molecular flexibility index (Phi) is 4.97. The van der Waals surface area contributed by atoms with Crippen molar-refractivity contribution in [3.63, 3.8) is 0 Å². The number of benzene rings is 1. The number of pyridine rings is 1. The molecule has 0 aliphatic carbocycles. The number of carbonyl (C=O) groups is 2. The summed E-state index contributed by atoms with van der Waals surface area (Å²) in [6.07, 6.45) is 2.66. The Labute approximate surface area is 149 Å². The van der Waals surface area contributed by atoms with Gasteiger partial charge in [-0.2, -0.15) is 0 Å². The molecule has 26 heavy (non-hydrogen) atoms.